The van der Waals surface area contributed by atoms with Crippen LogP contribution in [0.1, 0.15) is 36.1 Å². The molecule has 7 heteroatoms. The molecular weight excluding hydrogens is 481 g/mol. The zero-order valence-corrected chi connectivity index (χ0v) is 20.8. The third kappa shape index (κ3) is 5.01. The summed E-state index contributed by atoms with van der Waals surface area (Å²) in [6.45, 7) is 4.74. The van der Waals surface area contributed by atoms with Gasteiger partial charge in [0.05, 0.1) is 6.67 Å². The first-order valence-electron chi connectivity index (χ1n) is 12.1. The summed E-state index contributed by atoms with van der Waals surface area (Å²) in [4.78, 5) is 2.24. The quantitative estimate of drug-likeness (QED) is 0.381. The Morgan fingerprint density at radius 2 is 1.75 bits per heavy atom. The molecule has 3 aromatic carbocycles. The van der Waals surface area contributed by atoms with Crippen LogP contribution in [0.15, 0.2) is 60.7 Å². The molecule has 0 spiro atoms. The van der Waals surface area contributed by atoms with Crippen molar-refractivity contribution in [1.82, 2.24) is 4.90 Å². The number of allylic oxidation sites excluding steroid dienone is 1. The number of hydrogen-bond donors (Lipinski definition) is 2. The number of phenolic OH excluding ortho intramolecular Hbond substituents is 2. The van der Waals surface area contributed by atoms with Gasteiger partial charge >= 0.3 is 0 Å². The zero-order chi connectivity index (χ0) is 25.2. The first-order valence-corrected chi connectivity index (χ1v) is 12.5. The molecule has 5 nitrogen and oxygen atoms in total. The standard InChI is InChI=1S/C29H29ClFNO4/c1-18-24-14-22(34)5-9-27(24)36-29(28(18)25-15-21(33)4-8-26(25)30)20-2-6-23(7-3-20)35-13-12-32-11-10-19(16-31)17-32/h2-9,14-15,19,29,33-34H,10-13,16-17H2,1H3. The van der Waals surface area contributed by atoms with E-state index in [4.69, 9.17) is 21.1 Å². The van der Waals surface area contributed by atoms with Crippen LogP contribution in [0.25, 0.3) is 11.1 Å². The van der Waals surface area contributed by atoms with Crippen LogP contribution in [-0.4, -0.2) is 48.0 Å². The zero-order valence-electron chi connectivity index (χ0n) is 20.1. The second kappa shape index (κ2) is 10.4. The van der Waals surface area contributed by atoms with Gasteiger partial charge in [-0.05, 0) is 79.6 Å². The molecule has 1 fully saturated rings. The molecule has 0 amide bonds. The molecule has 0 bridgehead atoms. The number of aromatic hydroxyl groups is 2. The Bertz CT molecular complexity index is 1280. The van der Waals surface area contributed by atoms with Crippen LogP contribution in [0.3, 0.4) is 0 Å². The van der Waals surface area contributed by atoms with Crippen LogP contribution in [0.2, 0.25) is 5.02 Å². The largest absolute Gasteiger partial charge is 0.508 e. The van der Waals surface area contributed by atoms with Gasteiger partial charge in [-0.25, -0.2) is 0 Å². The Kier molecular flexibility index (Phi) is 7.08. The third-order valence-corrected chi connectivity index (χ3v) is 7.30. The van der Waals surface area contributed by atoms with Gasteiger partial charge in [0.25, 0.3) is 0 Å². The minimum atomic E-state index is -0.474. The maximum absolute atomic E-state index is 12.8. The molecule has 0 aromatic heterocycles. The second-order valence-electron chi connectivity index (χ2n) is 9.41. The summed E-state index contributed by atoms with van der Waals surface area (Å²) in [6.07, 6.45) is 0.436. The minimum absolute atomic E-state index is 0.106. The predicted molar refractivity (Wildman–Crippen MR) is 140 cm³/mol. The second-order valence-corrected chi connectivity index (χ2v) is 9.82. The number of halogens is 2. The molecule has 36 heavy (non-hydrogen) atoms. The van der Waals surface area contributed by atoms with Crippen molar-refractivity contribution in [3.8, 4) is 23.0 Å². The molecule has 5 rings (SSSR count). The van der Waals surface area contributed by atoms with Crippen molar-refractivity contribution in [3.63, 3.8) is 0 Å². The number of rotatable bonds is 7. The Morgan fingerprint density at radius 1 is 1.03 bits per heavy atom. The molecule has 188 valence electrons. The van der Waals surface area contributed by atoms with Crippen LogP contribution >= 0.6 is 11.6 Å². The van der Waals surface area contributed by atoms with Gasteiger partial charge < -0.3 is 19.7 Å². The molecule has 2 atom stereocenters. The average Bonchev–Trinajstić information content (AvgIpc) is 3.34. The van der Waals surface area contributed by atoms with E-state index >= 15 is 0 Å². The average molecular weight is 510 g/mol. The normalized spacial score (nSPS) is 19.8. The SMILES string of the molecule is CC1=C(c2cc(O)ccc2Cl)C(c2ccc(OCCN3CCC(CF)C3)cc2)Oc2ccc(O)cc21. The molecule has 3 aromatic rings. The molecule has 1 saturated heterocycles. The van der Waals surface area contributed by atoms with Gasteiger partial charge in [0.2, 0.25) is 0 Å². The summed E-state index contributed by atoms with van der Waals surface area (Å²) in [7, 11) is 0. The molecule has 0 saturated carbocycles. The summed E-state index contributed by atoms with van der Waals surface area (Å²) in [5, 5.41) is 20.7. The molecule has 0 radical (unpaired) electrons. The van der Waals surface area contributed by atoms with Gasteiger partial charge in [-0.3, -0.25) is 9.29 Å². The molecule has 2 aliphatic rings. The van der Waals surface area contributed by atoms with Gasteiger partial charge in [0.1, 0.15) is 35.7 Å². The first-order chi connectivity index (χ1) is 17.4. The molecule has 2 heterocycles. The molecule has 2 unspecified atom stereocenters. The smallest absolute Gasteiger partial charge is 0.150 e. The number of nitrogens with zero attached hydrogens (tertiary/aromatic N) is 1. The van der Waals surface area contributed by atoms with Gasteiger partial charge in [0.15, 0.2) is 0 Å². The lowest BCUT2D eigenvalue weighted by Gasteiger charge is -2.31. The van der Waals surface area contributed by atoms with Crippen molar-refractivity contribution >= 4 is 22.7 Å². The highest BCUT2D eigenvalue weighted by molar-refractivity contribution is 6.32. The molecular formula is C29H29ClFNO4. The number of alkyl halides is 1. The first kappa shape index (κ1) is 24.5. The Balaban J connectivity index is 1.40. The molecule has 2 N–H and O–H groups in total. The Hall–Kier alpha value is -3.22. The number of likely N-dealkylation sites (tertiary alicyclic amines) is 1. The lowest BCUT2D eigenvalue weighted by Crippen LogP contribution is -2.26. The summed E-state index contributed by atoms with van der Waals surface area (Å²) in [5.74, 6) is 1.81. The number of benzene rings is 3. The van der Waals surface area contributed by atoms with Crippen LogP contribution in [0.4, 0.5) is 4.39 Å². The fraction of sp³-hybridized carbons (Fsp3) is 0.310. The number of fused-ring (bicyclic) bond motifs is 1. The highest BCUT2D eigenvalue weighted by atomic mass is 35.5. The lowest BCUT2D eigenvalue weighted by atomic mass is 9.86. The fourth-order valence-electron chi connectivity index (χ4n) is 5.01. The van der Waals surface area contributed by atoms with Gasteiger partial charge in [-0.2, -0.15) is 0 Å². The highest BCUT2D eigenvalue weighted by Crippen LogP contribution is 2.49. The Labute approximate surface area is 215 Å². The van der Waals surface area contributed by atoms with Crippen molar-refractivity contribution in [3.05, 3.63) is 82.4 Å². The van der Waals surface area contributed by atoms with E-state index in [2.05, 4.69) is 4.90 Å². The lowest BCUT2D eigenvalue weighted by molar-refractivity contribution is 0.228. The fourth-order valence-corrected chi connectivity index (χ4v) is 5.23. The van der Waals surface area contributed by atoms with Crippen molar-refractivity contribution in [2.24, 2.45) is 5.92 Å². The summed E-state index contributed by atoms with van der Waals surface area (Å²) >= 11 is 6.57. The maximum Gasteiger partial charge on any atom is 0.150 e. The number of phenols is 2. The Morgan fingerprint density at radius 3 is 2.47 bits per heavy atom. The minimum Gasteiger partial charge on any atom is -0.508 e. The number of ether oxygens (including phenoxy) is 2. The van der Waals surface area contributed by atoms with Crippen molar-refractivity contribution in [2.75, 3.05) is 32.9 Å². The van der Waals surface area contributed by atoms with Crippen molar-refractivity contribution in [2.45, 2.75) is 19.4 Å². The van der Waals surface area contributed by atoms with Crippen molar-refractivity contribution < 1.29 is 24.1 Å². The summed E-state index contributed by atoms with van der Waals surface area (Å²) in [6, 6.07) is 17.6. The topological polar surface area (TPSA) is 62.2 Å². The van der Waals surface area contributed by atoms with E-state index in [0.29, 0.717) is 22.9 Å². The van der Waals surface area contributed by atoms with E-state index in [9.17, 15) is 14.6 Å². The van der Waals surface area contributed by atoms with Gasteiger partial charge in [0, 0.05) is 40.7 Å². The van der Waals surface area contributed by atoms with E-state index in [0.717, 1.165) is 54.1 Å². The van der Waals surface area contributed by atoms with Crippen LogP contribution in [0, 0.1) is 5.92 Å². The van der Waals surface area contributed by atoms with Gasteiger partial charge in [-0.15, -0.1) is 0 Å². The van der Waals surface area contributed by atoms with Crippen LogP contribution in [0.5, 0.6) is 23.0 Å². The van der Waals surface area contributed by atoms with Crippen LogP contribution < -0.4 is 9.47 Å². The molecule has 0 aliphatic carbocycles. The summed E-state index contributed by atoms with van der Waals surface area (Å²) in [5.41, 5.74) is 4.07. The van der Waals surface area contributed by atoms with E-state index < -0.39 is 6.10 Å². The van der Waals surface area contributed by atoms with E-state index in [-0.39, 0.29) is 24.1 Å². The highest BCUT2D eigenvalue weighted by Gasteiger charge is 2.31. The van der Waals surface area contributed by atoms with Gasteiger partial charge in [-0.1, -0.05) is 23.7 Å². The third-order valence-electron chi connectivity index (χ3n) is 6.97. The maximum atomic E-state index is 12.8. The predicted octanol–water partition coefficient (Wildman–Crippen LogP) is 6.49. The van der Waals surface area contributed by atoms with E-state index in [1.54, 1.807) is 36.4 Å². The van der Waals surface area contributed by atoms with Crippen LogP contribution in [-0.2, 0) is 0 Å². The number of hydrogen-bond acceptors (Lipinski definition) is 5. The molecule has 2 aliphatic heterocycles. The van der Waals surface area contributed by atoms with E-state index in [1.165, 1.54) is 0 Å². The van der Waals surface area contributed by atoms with E-state index in [1.807, 2.05) is 31.2 Å². The summed E-state index contributed by atoms with van der Waals surface area (Å²) < 4.78 is 25.2. The van der Waals surface area contributed by atoms with Crippen molar-refractivity contribution in [1.29, 1.82) is 0 Å². The monoisotopic (exact) mass is 509 g/mol.